The molecule has 178 valence electrons. The number of carbonyl (C=O) groups is 2. The number of nitrogens with zero attached hydrogens (tertiary/aromatic N) is 2. The van der Waals surface area contributed by atoms with E-state index in [9.17, 15) is 9.59 Å². The van der Waals surface area contributed by atoms with Gasteiger partial charge in [-0.1, -0.05) is 36.4 Å². The minimum Gasteiger partial charge on any atom is -0.497 e. The fourth-order valence-corrected chi connectivity index (χ4v) is 4.99. The van der Waals surface area contributed by atoms with Crippen LogP contribution in [0.1, 0.15) is 33.2 Å². The summed E-state index contributed by atoms with van der Waals surface area (Å²) >= 11 is 0. The third-order valence-electron chi connectivity index (χ3n) is 6.78. The third kappa shape index (κ3) is 3.69. The Hall–Kier alpha value is -4.26. The molecule has 0 radical (unpaired) electrons. The van der Waals surface area contributed by atoms with E-state index in [0.29, 0.717) is 22.7 Å². The number of nitrogens with one attached hydrogen (secondary N) is 1. The molecule has 1 atom stereocenters. The van der Waals surface area contributed by atoms with E-state index in [1.165, 1.54) is 7.11 Å². The van der Waals surface area contributed by atoms with E-state index in [1.807, 2.05) is 43.4 Å². The molecule has 7 nitrogen and oxygen atoms in total. The van der Waals surface area contributed by atoms with E-state index in [0.717, 1.165) is 27.7 Å². The Morgan fingerprint density at radius 2 is 1.74 bits per heavy atom. The molecule has 35 heavy (non-hydrogen) atoms. The second kappa shape index (κ2) is 8.83. The summed E-state index contributed by atoms with van der Waals surface area (Å²) in [4.78, 5) is 28.4. The van der Waals surface area contributed by atoms with Crippen molar-refractivity contribution in [3.63, 3.8) is 0 Å². The predicted molar refractivity (Wildman–Crippen MR) is 135 cm³/mol. The second-order valence-corrected chi connectivity index (χ2v) is 8.61. The van der Waals surface area contributed by atoms with Crippen molar-refractivity contribution in [2.75, 3.05) is 26.1 Å². The number of para-hydroxylation sites is 1. The van der Waals surface area contributed by atoms with Crippen molar-refractivity contribution in [3.8, 4) is 11.5 Å². The van der Waals surface area contributed by atoms with E-state index >= 15 is 0 Å². The van der Waals surface area contributed by atoms with Gasteiger partial charge in [0.15, 0.2) is 0 Å². The van der Waals surface area contributed by atoms with Crippen molar-refractivity contribution < 1.29 is 19.1 Å². The molecule has 0 saturated carbocycles. The van der Waals surface area contributed by atoms with Crippen LogP contribution in [0.4, 0.5) is 5.69 Å². The van der Waals surface area contributed by atoms with Gasteiger partial charge in [0.25, 0.3) is 5.91 Å². The first-order valence-corrected chi connectivity index (χ1v) is 11.4. The number of anilines is 1. The van der Waals surface area contributed by atoms with Crippen LogP contribution in [0.3, 0.4) is 0 Å². The van der Waals surface area contributed by atoms with Crippen molar-refractivity contribution in [2.24, 2.45) is 7.05 Å². The predicted octanol–water partition coefficient (Wildman–Crippen LogP) is 4.69. The number of fused-ring (bicyclic) bond motifs is 2. The van der Waals surface area contributed by atoms with Crippen LogP contribution >= 0.6 is 0 Å². The van der Waals surface area contributed by atoms with Crippen molar-refractivity contribution >= 4 is 28.4 Å². The molecular weight excluding hydrogens is 442 g/mol. The lowest BCUT2D eigenvalue weighted by Gasteiger charge is -2.26. The van der Waals surface area contributed by atoms with Crippen LogP contribution in [-0.4, -0.2) is 42.0 Å². The average Bonchev–Trinajstić information content (AvgIpc) is 3.29. The molecule has 0 saturated heterocycles. The van der Waals surface area contributed by atoms with Crippen LogP contribution in [0, 0.1) is 6.92 Å². The van der Waals surface area contributed by atoms with Gasteiger partial charge in [-0.15, -0.1) is 0 Å². The Labute approximate surface area is 203 Å². The fraction of sp³-hybridized carbons (Fsp3) is 0.214. The van der Waals surface area contributed by atoms with Gasteiger partial charge in [-0.25, -0.2) is 0 Å². The zero-order chi connectivity index (χ0) is 24.7. The Kier molecular flexibility index (Phi) is 5.68. The summed E-state index contributed by atoms with van der Waals surface area (Å²) in [6.07, 6.45) is 0. The molecule has 1 aromatic heterocycles. The lowest BCUT2D eigenvalue weighted by Crippen LogP contribution is -2.36. The molecule has 0 bridgehead atoms. The van der Waals surface area contributed by atoms with E-state index in [1.54, 1.807) is 30.2 Å². The number of methoxy groups -OCH3 is 2. The lowest BCUT2D eigenvalue weighted by molar-refractivity contribution is -0.117. The maximum Gasteiger partial charge on any atom is 0.255 e. The number of carbonyl (C=O) groups excluding carboxylic acids is 2. The summed E-state index contributed by atoms with van der Waals surface area (Å²) in [6.45, 7) is 1.96. The SMILES string of the molecule is COc1ccc(NC(=O)CN2C(=O)c3ccccc3C2c2c(C)n(C)c3ccccc23)c(OC)c1. The second-order valence-electron chi connectivity index (χ2n) is 8.61. The van der Waals surface area contributed by atoms with Gasteiger partial charge in [-0.05, 0) is 36.8 Å². The van der Waals surface area contributed by atoms with E-state index in [-0.39, 0.29) is 24.4 Å². The highest BCUT2D eigenvalue weighted by atomic mass is 16.5. The summed E-state index contributed by atoms with van der Waals surface area (Å²) in [7, 11) is 5.13. The number of ether oxygens (including phenoxy) is 2. The summed E-state index contributed by atoms with van der Waals surface area (Å²) in [5, 5.41) is 3.97. The number of rotatable bonds is 6. The minimum atomic E-state index is -0.367. The summed E-state index contributed by atoms with van der Waals surface area (Å²) in [5.74, 6) is 0.638. The Balaban J connectivity index is 1.53. The van der Waals surface area contributed by atoms with Gasteiger partial charge < -0.3 is 24.3 Å². The Morgan fingerprint density at radius 1 is 1.00 bits per heavy atom. The quantitative estimate of drug-likeness (QED) is 0.445. The maximum atomic E-state index is 13.5. The topological polar surface area (TPSA) is 72.8 Å². The summed E-state index contributed by atoms with van der Waals surface area (Å²) in [6, 6.07) is 20.6. The first-order chi connectivity index (χ1) is 16.9. The molecule has 7 heteroatoms. The molecule has 0 fully saturated rings. The third-order valence-corrected chi connectivity index (χ3v) is 6.78. The number of aromatic nitrogens is 1. The number of benzene rings is 3. The largest absolute Gasteiger partial charge is 0.497 e. The molecule has 1 aliphatic rings. The van der Waals surface area contributed by atoms with Crippen LogP contribution in [0.5, 0.6) is 11.5 Å². The first kappa shape index (κ1) is 22.5. The minimum absolute atomic E-state index is 0.101. The smallest absolute Gasteiger partial charge is 0.255 e. The average molecular weight is 470 g/mol. The van der Waals surface area contributed by atoms with E-state index in [4.69, 9.17) is 9.47 Å². The maximum absolute atomic E-state index is 13.5. The zero-order valence-electron chi connectivity index (χ0n) is 20.2. The molecule has 1 N–H and O–H groups in total. The van der Waals surface area contributed by atoms with Crippen molar-refractivity contribution in [1.82, 2.24) is 9.47 Å². The van der Waals surface area contributed by atoms with Crippen LogP contribution in [0.15, 0.2) is 66.7 Å². The van der Waals surface area contributed by atoms with Crippen molar-refractivity contribution in [1.29, 1.82) is 0 Å². The number of hydrogen-bond donors (Lipinski definition) is 1. The monoisotopic (exact) mass is 469 g/mol. The van der Waals surface area contributed by atoms with Crippen LogP contribution in [0.2, 0.25) is 0 Å². The molecule has 0 spiro atoms. The van der Waals surface area contributed by atoms with E-state index < -0.39 is 0 Å². The molecule has 2 amide bonds. The molecular formula is C28H27N3O4. The highest BCUT2D eigenvalue weighted by Crippen LogP contribution is 2.43. The van der Waals surface area contributed by atoms with Crippen LogP contribution < -0.4 is 14.8 Å². The van der Waals surface area contributed by atoms with Gasteiger partial charge in [0.05, 0.1) is 25.9 Å². The molecule has 1 unspecified atom stereocenters. The highest BCUT2D eigenvalue weighted by Gasteiger charge is 2.40. The molecule has 3 aromatic carbocycles. The van der Waals surface area contributed by atoms with Gasteiger partial charge >= 0.3 is 0 Å². The molecule has 4 aromatic rings. The Bertz CT molecular complexity index is 1460. The number of aryl methyl sites for hydroxylation is 1. The number of amides is 2. The van der Waals surface area contributed by atoms with Gasteiger partial charge in [-0.2, -0.15) is 0 Å². The van der Waals surface area contributed by atoms with Gasteiger partial charge in [0.1, 0.15) is 18.0 Å². The van der Waals surface area contributed by atoms with Crippen molar-refractivity contribution in [3.05, 3.63) is 89.1 Å². The van der Waals surface area contributed by atoms with E-state index in [2.05, 4.69) is 28.9 Å². The van der Waals surface area contributed by atoms with Crippen LogP contribution in [-0.2, 0) is 11.8 Å². The summed E-state index contributed by atoms with van der Waals surface area (Å²) in [5.41, 5.74) is 5.23. The van der Waals surface area contributed by atoms with Crippen molar-refractivity contribution in [2.45, 2.75) is 13.0 Å². The van der Waals surface area contributed by atoms with Gasteiger partial charge in [-0.3, -0.25) is 9.59 Å². The first-order valence-electron chi connectivity index (χ1n) is 11.4. The highest BCUT2D eigenvalue weighted by molar-refractivity contribution is 6.04. The fourth-order valence-electron chi connectivity index (χ4n) is 4.99. The standard InChI is InChI=1S/C28H27N3O4/c1-17-26(21-11-7-8-12-23(21)30(17)2)27-19-9-5-6-10-20(19)28(33)31(27)16-25(32)29-22-14-13-18(34-3)15-24(22)35-4/h5-15,27H,16H2,1-4H3,(H,29,32). The molecule has 1 aliphatic heterocycles. The lowest BCUT2D eigenvalue weighted by atomic mass is 9.95. The molecule has 0 aliphatic carbocycles. The zero-order valence-corrected chi connectivity index (χ0v) is 20.2. The number of hydrogen-bond acceptors (Lipinski definition) is 4. The summed E-state index contributed by atoms with van der Waals surface area (Å²) < 4.78 is 12.8. The van der Waals surface area contributed by atoms with Crippen LogP contribution in [0.25, 0.3) is 10.9 Å². The molecule has 5 rings (SSSR count). The van der Waals surface area contributed by atoms with Gasteiger partial charge in [0, 0.05) is 40.8 Å². The molecule has 2 heterocycles. The normalized spacial score (nSPS) is 14.8. The van der Waals surface area contributed by atoms with Gasteiger partial charge in [0.2, 0.25) is 5.91 Å². The Morgan fingerprint density at radius 3 is 2.51 bits per heavy atom.